The smallest absolute Gasteiger partial charge is 0.315 e. The van der Waals surface area contributed by atoms with Crippen LogP contribution in [0.3, 0.4) is 0 Å². The largest absolute Gasteiger partial charge is 0.387 e. The van der Waals surface area contributed by atoms with E-state index >= 15 is 0 Å². The monoisotopic (exact) mass is 306 g/mol. The topological polar surface area (TPSA) is 70.6 Å². The number of aliphatic hydroxyl groups excluding tert-OH is 1. The number of nitrogens with one attached hydrogen (secondary N) is 2. The van der Waals surface area contributed by atoms with E-state index in [1.807, 2.05) is 26.0 Å². The molecule has 2 amide bonds. The summed E-state index contributed by atoms with van der Waals surface area (Å²) < 4.78 is 5.14. The molecule has 22 heavy (non-hydrogen) atoms. The summed E-state index contributed by atoms with van der Waals surface area (Å²) in [5.41, 5.74) is 3.04. The summed E-state index contributed by atoms with van der Waals surface area (Å²) in [6.07, 6.45) is 1.57. The maximum atomic E-state index is 11.9. The highest BCUT2D eigenvalue weighted by molar-refractivity contribution is 5.74. The van der Waals surface area contributed by atoms with E-state index in [0.717, 1.165) is 29.5 Å². The van der Waals surface area contributed by atoms with Crippen LogP contribution < -0.4 is 10.6 Å². The average Bonchev–Trinajstić information content (AvgIpc) is 3.27. The van der Waals surface area contributed by atoms with Gasteiger partial charge in [-0.05, 0) is 38.2 Å². The minimum absolute atomic E-state index is 0.0587. The molecule has 122 valence electrons. The zero-order chi connectivity index (χ0) is 16.1. The van der Waals surface area contributed by atoms with Gasteiger partial charge in [0.1, 0.15) is 0 Å². The van der Waals surface area contributed by atoms with Gasteiger partial charge in [0.05, 0.1) is 18.8 Å². The Bertz CT molecular complexity index is 494. The number of urea groups is 1. The van der Waals surface area contributed by atoms with Crippen molar-refractivity contribution in [3.05, 3.63) is 34.9 Å². The number of hydrogen-bond donors (Lipinski definition) is 3. The number of methoxy groups -OCH3 is 1. The molecule has 1 saturated carbocycles. The summed E-state index contributed by atoms with van der Waals surface area (Å²) in [4.78, 5) is 11.9. The van der Waals surface area contributed by atoms with Crippen LogP contribution in [0.15, 0.2) is 18.2 Å². The van der Waals surface area contributed by atoms with E-state index in [2.05, 4.69) is 16.7 Å². The first-order valence-electron chi connectivity index (χ1n) is 7.79. The van der Waals surface area contributed by atoms with E-state index in [9.17, 15) is 9.90 Å². The fourth-order valence-electron chi connectivity index (χ4n) is 2.70. The third-order valence-corrected chi connectivity index (χ3v) is 3.94. The van der Waals surface area contributed by atoms with Gasteiger partial charge in [-0.2, -0.15) is 0 Å². The number of benzene rings is 1. The molecule has 0 bridgehead atoms. The Kier molecular flexibility index (Phi) is 5.80. The number of carbonyl (C=O) groups excluding carboxylic acids is 1. The average molecular weight is 306 g/mol. The number of aliphatic hydroxyl groups is 1. The van der Waals surface area contributed by atoms with Gasteiger partial charge < -0.3 is 20.5 Å². The zero-order valence-corrected chi connectivity index (χ0v) is 13.6. The number of ether oxygens (including phenoxy) is 1. The Labute approximate surface area is 132 Å². The fourth-order valence-corrected chi connectivity index (χ4v) is 2.70. The highest BCUT2D eigenvalue weighted by atomic mass is 16.5. The maximum absolute atomic E-state index is 11.9. The Morgan fingerprint density at radius 2 is 1.95 bits per heavy atom. The van der Waals surface area contributed by atoms with Gasteiger partial charge in [-0.3, -0.25) is 0 Å². The van der Waals surface area contributed by atoms with Gasteiger partial charge in [0, 0.05) is 13.7 Å². The summed E-state index contributed by atoms with van der Waals surface area (Å²) in [5, 5.41) is 15.9. The Balaban J connectivity index is 1.82. The SMILES string of the molecule is COC[C@H](NC(=O)NC[C@H](O)c1cc(C)cc(C)c1)C1CC1. The molecule has 5 heteroatoms. The molecule has 1 aliphatic carbocycles. The molecule has 1 aromatic rings. The minimum Gasteiger partial charge on any atom is -0.387 e. The van der Waals surface area contributed by atoms with Crippen molar-refractivity contribution >= 4 is 6.03 Å². The van der Waals surface area contributed by atoms with Gasteiger partial charge in [-0.1, -0.05) is 29.3 Å². The van der Waals surface area contributed by atoms with E-state index < -0.39 is 6.10 Å². The molecule has 2 atom stereocenters. The number of carbonyl (C=O) groups is 1. The first-order chi connectivity index (χ1) is 10.5. The van der Waals surface area contributed by atoms with Crippen LogP contribution in [0.2, 0.25) is 0 Å². The molecule has 0 heterocycles. The van der Waals surface area contributed by atoms with Crippen molar-refractivity contribution in [1.29, 1.82) is 0 Å². The van der Waals surface area contributed by atoms with E-state index in [-0.39, 0.29) is 18.6 Å². The van der Waals surface area contributed by atoms with Gasteiger partial charge in [-0.25, -0.2) is 4.79 Å². The van der Waals surface area contributed by atoms with Crippen LogP contribution in [0.4, 0.5) is 4.79 Å². The van der Waals surface area contributed by atoms with E-state index in [1.54, 1.807) is 7.11 Å². The zero-order valence-electron chi connectivity index (χ0n) is 13.6. The summed E-state index contributed by atoms with van der Waals surface area (Å²) >= 11 is 0. The first-order valence-corrected chi connectivity index (χ1v) is 7.79. The van der Waals surface area contributed by atoms with Crippen molar-refractivity contribution in [3.63, 3.8) is 0 Å². The molecule has 0 spiro atoms. The van der Waals surface area contributed by atoms with Crippen LogP contribution in [0.25, 0.3) is 0 Å². The van der Waals surface area contributed by atoms with Crippen LogP contribution in [-0.2, 0) is 4.74 Å². The second kappa shape index (κ2) is 7.61. The van der Waals surface area contributed by atoms with Crippen molar-refractivity contribution in [2.45, 2.75) is 38.8 Å². The fraction of sp³-hybridized carbons (Fsp3) is 0.588. The van der Waals surface area contributed by atoms with Crippen molar-refractivity contribution in [1.82, 2.24) is 10.6 Å². The molecule has 1 fully saturated rings. The number of hydrogen-bond acceptors (Lipinski definition) is 3. The lowest BCUT2D eigenvalue weighted by Gasteiger charge is -2.19. The summed E-state index contributed by atoms with van der Waals surface area (Å²) in [6, 6.07) is 5.74. The Morgan fingerprint density at radius 1 is 1.32 bits per heavy atom. The van der Waals surface area contributed by atoms with Crippen molar-refractivity contribution in [2.75, 3.05) is 20.3 Å². The van der Waals surface area contributed by atoms with E-state index in [4.69, 9.17) is 4.74 Å². The molecular formula is C17H26N2O3. The quantitative estimate of drug-likeness (QED) is 0.722. The van der Waals surface area contributed by atoms with E-state index in [0.29, 0.717) is 12.5 Å². The molecule has 0 aliphatic heterocycles. The molecule has 0 aromatic heterocycles. The van der Waals surface area contributed by atoms with Crippen molar-refractivity contribution in [2.24, 2.45) is 5.92 Å². The molecule has 0 radical (unpaired) electrons. The number of rotatable bonds is 7. The first kappa shape index (κ1) is 16.8. The third-order valence-electron chi connectivity index (χ3n) is 3.94. The Hall–Kier alpha value is -1.59. The summed E-state index contributed by atoms with van der Waals surface area (Å²) in [6.45, 7) is 4.71. The third kappa shape index (κ3) is 5.00. The van der Waals surface area contributed by atoms with Crippen molar-refractivity contribution in [3.8, 4) is 0 Å². The summed E-state index contributed by atoms with van der Waals surface area (Å²) in [5.74, 6) is 0.523. The molecule has 1 aliphatic rings. The number of amides is 2. The molecule has 2 rings (SSSR count). The lowest BCUT2D eigenvalue weighted by atomic mass is 10.0. The summed E-state index contributed by atoms with van der Waals surface area (Å²) in [7, 11) is 1.64. The van der Waals surface area contributed by atoms with Crippen LogP contribution in [0.5, 0.6) is 0 Å². The Morgan fingerprint density at radius 3 is 2.50 bits per heavy atom. The molecule has 3 N–H and O–H groups in total. The normalized spacial score (nSPS) is 16.9. The van der Waals surface area contributed by atoms with Gasteiger partial charge in [0.2, 0.25) is 0 Å². The predicted octanol–water partition coefficient (Wildman–Crippen LogP) is 2.06. The maximum Gasteiger partial charge on any atom is 0.315 e. The van der Waals surface area contributed by atoms with E-state index in [1.165, 1.54) is 0 Å². The standard InChI is InChI=1S/C17H26N2O3/c1-11-6-12(2)8-14(7-11)16(20)9-18-17(21)19-15(10-22-3)13-4-5-13/h6-8,13,15-16,20H,4-5,9-10H2,1-3H3,(H2,18,19,21)/t15-,16-/m0/s1. The van der Waals surface area contributed by atoms with Crippen LogP contribution >= 0.6 is 0 Å². The van der Waals surface area contributed by atoms with Crippen LogP contribution in [0, 0.1) is 19.8 Å². The van der Waals surface area contributed by atoms with Gasteiger partial charge in [-0.15, -0.1) is 0 Å². The van der Waals surface area contributed by atoms with Crippen molar-refractivity contribution < 1.29 is 14.6 Å². The molecule has 0 saturated heterocycles. The molecule has 0 unspecified atom stereocenters. The highest BCUT2D eigenvalue weighted by Crippen LogP contribution is 2.32. The second-order valence-electron chi connectivity index (χ2n) is 6.19. The van der Waals surface area contributed by atoms with Gasteiger partial charge in [0.25, 0.3) is 0 Å². The van der Waals surface area contributed by atoms with Gasteiger partial charge in [0.15, 0.2) is 0 Å². The van der Waals surface area contributed by atoms with Crippen LogP contribution in [-0.4, -0.2) is 37.4 Å². The lowest BCUT2D eigenvalue weighted by Crippen LogP contribution is -2.46. The molecule has 1 aromatic carbocycles. The lowest BCUT2D eigenvalue weighted by molar-refractivity contribution is 0.152. The second-order valence-corrected chi connectivity index (χ2v) is 6.19. The van der Waals surface area contributed by atoms with Crippen LogP contribution in [0.1, 0.15) is 35.6 Å². The minimum atomic E-state index is -0.703. The molecular weight excluding hydrogens is 280 g/mol. The highest BCUT2D eigenvalue weighted by Gasteiger charge is 2.32. The number of aryl methyl sites for hydroxylation is 2. The molecule has 5 nitrogen and oxygen atoms in total. The van der Waals surface area contributed by atoms with Gasteiger partial charge >= 0.3 is 6.03 Å². The predicted molar refractivity (Wildman–Crippen MR) is 85.8 cm³/mol.